The molecule has 3 aromatic rings. The van der Waals surface area contributed by atoms with Crippen LogP contribution in [0.2, 0.25) is 0 Å². The van der Waals surface area contributed by atoms with Crippen molar-refractivity contribution in [1.82, 2.24) is 19.7 Å². The normalized spacial score (nSPS) is 10.9. The fourth-order valence-electron chi connectivity index (χ4n) is 1.92. The van der Waals surface area contributed by atoms with Gasteiger partial charge in [0.05, 0.1) is 11.8 Å². The summed E-state index contributed by atoms with van der Waals surface area (Å²) in [5.41, 5.74) is 2.15. The van der Waals surface area contributed by atoms with Gasteiger partial charge < -0.3 is 8.98 Å². The molecule has 0 unspecified atom stereocenters. The van der Waals surface area contributed by atoms with Gasteiger partial charge in [0.2, 0.25) is 0 Å². The standard InChI is InChI=1S/C14H14N4OS/c1-10-12(5-7-19-10)13-16-17-14(18(13)2)20-9-11-4-3-6-15-8-11/h3-8H,9H2,1-2H3. The van der Waals surface area contributed by atoms with E-state index in [4.69, 9.17) is 4.42 Å². The molecule has 3 heterocycles. The van der Waals surface area contributed by atoms with Crippen LogP contribution in [0.1, 0.15) is 11.3 Å². The molecular weight excluding hydrogens is 272 g/mol. The average Bonchev–Trinajstić information content (AvgIpc) is 3.04. The number of aryl methyl sites for hydroxylation is 1. The molecule has 0 fully saturated rings. The molecule has 0 aliphatic rings. The van der Waals surface area contributed by atoms with E-state index in [2.05, 4.69) is 21.2 Å². The molecule has 3 aromatic heterocycles. The summed E-state index contributed by atoms with van der Waals surface area (Å²) in [6.45, 7) is 1.92. The van der Waals surface area contributed by atoms with Crippen LogP contribution in [0.3, 0.4) is 0 Å². The molecule has 0 bridgehead atoms. The summed E-state index contributed by atoms with van der Waals surface area (Å²) in [6, 6.07) is 5.90. The fraction of sp³-hybridized carbons (Fsp3) is 0.214. The number of pyridine rings is 1. The van der Waals surface area contributed by atoms with E-state index in [-0.39, 0.29) is 0 Å². The number of hydrogen-bond acceptors (Lipinski definition) is 5. The van der Waals surface area contributed by atoms with Gasteiger partial charge in [0.1, 0.15) is 5.76 Å². The first-order valence-electron chi connectivity index (χ1n) is 6.21. The van der Waals surface area contributed by atoms with Gasteiger partial charge in [0, 0.05) is 25.2 Å². The van der Waals surface area contributed by atoms with E-state index in [9.17, 15) is 0 Å². The van der Waals surface area contributed by atoms with Crippen LogP contribution in [0.15, 0.2) is 46.4 Å². The molecule has 102 valence electrons. The van der Waals surface area contributed by atoms with E-state index >= 15 is 0 Å². The summed E-state index contributed by atoms with van der Waals surface area (Å²) >= 11 is 1.64. The second-order valence-electron chi connectivity index (χ2n) is 4.41. The summed E-state index contributed by atoms with van der Waals surface area (Å²) in [5.74, 6) is 2.50. The Kier molecular flexibility index (Phi) is 3.56. The summed E-state index contributed by atoms with van der Waals surface area (Å²) < 4.78 is 7.30. The van der Waals surface area contributed by atoms with Crippen molar-refractivity contribution in [2.45, 2.75) is 17.8 Å². The second-order valence-corrected chi connectivity index (χ2v) is 5.35. The Balaban J connectivity index is 1.79. The highest BCUT2D eigenvalue weighted by Crippen LogP contribution is 2.27. The molecule has 0 aliphatic heterocycles. The lowest BCUT2D eigenvalue weighted by Gasteiger charge is -2.03. The zero-order valence-corrected chi connectivity index (χ0v) is 12.1. The van der Waals surface area contributed by atoms with Crippen LogP contribution in [0.4, 0.5) is 0 Å². The summed E-state index contributed by atoms with van der Waals surface area (Å²) in [7, 11) is 1.97. The molecule has 6 heteroatoms. The molecule has 20 heavy (non-hydrogen) atoms. The minimum atomic E-state index is 0.824. The number of thioether (sulfide) groups is 1. The molecule has 3 rings (SSSR count). The van der Waals surface area contributed by atoms with Crippen molar-refractivity contribution in [2.75, 3.05) is 0 Å². The molecule has 0 spiro atoms. The SMILES string of the molecule is Cc1occc1-c1nnc(SCc2cccnc2)n1C. The Morgan fingerprint density at radius 2 is 2.20 bits per heavy atom. The van der Waals surface area contributed by atoms with E-state index in [1.165, 1.54) is 5.56 Å². The topological polar surface area (TPSA) is 56.7 Å². The molecule has 0 atom stereocenters. The minimum absolute atomic E-state index is 0.824. The zero-order chi connectivity index (χ0) is 13.9. The predicted molar refractivity (Wildman–Crippen MR) is 77.2 cm³/mol. The fourth-order valence-corrected chi connectivity index (χ4v) is 2.77. The summed E-state index contributed by atoms with van der Waals surface area (Å²) in [4.78, 5) is 4.11. The van der Waals surface area contributed by atoms with Crippen molar-refractivity contribution < 1.29 is 4.42 Å². The Labute approximate surface area is 121 Å². The molecule has 0 aromatic carbocycles. The van der Waals surface area contributed by atoms with Crippen molar-refractivity contribution in [3.8, 4) is 11.4 Å². The smallest absolute Gasteiger partial charge is 0.191 e. The van der Waals surface area contributed by atoms with Gasteiger partial charge in [-0.15, -0.1) is 10.2 Å². The van der Waals surface area contributed by atoms with Gasteiger partial charge >= 0.3 is 0 Å². The predicted octanol–water partition coefficient (Wildman–Crippen LogP) is 3.07. The van der Waals surface area contributed by atoms with E-state index < -0.39 is 0 Å². The van der Waals surface area contributed by atoms with Gasteiger partial charge in [0.25, 0.3) is 0 Å². The maximum absolute atomic E-state index is 5.32. The molecule has 0 saturated heterocycles. The van der Waals surface area contributed by atoms with Crippen LogP contribution in [-0.4, -0.2) is 19.7 Å². The van der Waals surface area contributed by atoms with Crippen molar-refractivity contribution in [3.05, 3.63) is 48.2 Å². The third-order valence-electron chi connectivity index (χ3n) is 3.03. The third-order valence-corrected chi connectivity index (χ3v) is 4.12. The van der Waals surface area contributed by atoms with Crippen molar-refractivity contribution in [1.29, 1.82) is 0 Å². The van der Waals surface area contributed by atoms with Crippen LogP contribution < -0.4 is 0 Å². The Hall–Kier alpha value is -2.08. The lowest BCUT2D eigenvalue weighted by Crippen LogP contribution is -1.95. The van der Waals surface area contributed by atoms with Crippen LogP contribution in [0.25, 0.3) is 11.4 Å². The van der Waals surface area contributed by atoms with Crippen molar-refractivity contribution >= 4 is 11.8 Å². The van der Waals surface area contributed by atoms with Gasteiger partial charge in [0.15, 0.2) is 11.0 Å². The largest absolute Gasteiger partial charge is 0.469 e. The van der Waals surface area contributed by atoms with Gasteiger partial charge in [-0.05, 0) is 24.6 Å². The Bertz CT molecular complexity index is 705. The number of aromatic nitrogens is 4. The summed E-state index contributed by atoms with van der Waals surface area (Å²) in [5, 5.41) is 9.37. The van der Waals surface area contributed by atoms with Gasteiger partial charge in [-0.3, -0.25) is 4.98 Å². The highest BCUT2D eigenvalue weighted by Gasteiger charge is 2.14. The van der Waals surface area contributed by atoms with Crippen molar-refractivity contribution in [2.24, 2.45) is 7.05 Å². The Morgan fingerprint density at radius 1 is 1.30 bits per heavy atom. The van der Waals surface area contributed by atoms with Crippen LogP contribution in [-0.2, 0) is 12.8 Å². The first-order chi connectivity index (χ1) is 9.75. The second kappa shape index (κ2) is 5.50. The first-order valence-corrected chi connectivity index (χ1v) is 7.20. The van der Waals surface area contributed by atoms with E-state index in [1.807, 2.05) is 36.9 Å². The molecule has 0 saturated carbocycles. The lowest BCUT2D eigenvalue weighted by molar-refractivity contribution is 0.534. The minimum Gasteiger partial charge on any atom is -0.469 e. The van der Waals surface area contributed by atoms with Crippen molar-refractivity contribution in [3.63, 3.8) is 0 Å². The molecule has 0 aliphatic carbocycles. The highest BCUT2D eigenvalue weighted by atomic mass is 32.2. The Morgan fingerprint density at radius 3 is 2.90 bits per heavy atom. The first kappa shape index (κ1) is 12.9. The maximum Gasteiger partial charge on any atom is 0.191 e. The lowest BCUT2D eigenvalue weighted by atomic mass is 10.2. The number of hydrogen-bond donors (Lipinski definition) is 0. The summed E-state index contributed by atoms with van der Waals surface area (Å²) in [6.07, 6.45) is 5.31. The van der Waals surface area contributed by atoms with Crippen LogP contribution in [0, 0.1) is 6.92 Å². The van der Waals surface area contributed by atoms with E-state index in [1.54, 1.807) is 24.2 Å². The average molecular weight is 286 g/mol. The zero-order valence-electron chi connectivity index (χ0n) is 11.3. The monoisotopic (exact) mass is 286 g/mol. The van der Waals surface area contributed by atoms with Crippen LogP contribution in [0.5, 0.6) is 0 Å². The van der Waals surface area contributed by atoms with Crippen LogP contribution >= 0.6 is 11.8 Å². The molecular formula is C14H14N4OS. The number of furan rings is 1. The molecule has 0 amide bonds. The highest BCUT2D eigenvalue weighted by molar-refractivity contribution is 7.98. The third kappa shape index (κ3) is 2.46. The number of nitrogens with zero attached hydrogens (tertiary/aromatic N) is 4. The van der Waals surface area contributed by atoms with E-state index in [0.717, 1.165) is 28.1 Å². The van der Waals surface area contributed by atoms with Gasteiger partial charge in [-0.1, -0.05) is 17.8 Å². The molecule has 0 radical (unpaired) electrons. The van der Waals surface area contributed by atoms with Gasteiger partial charge in [-0.2, -0.15) is 0 Å². The maximum atomic E-state index is 5.32. The molecule has 0 N–H and O–H groups in total. The number of rotatable bonds is 4. The van der Waals surface area contributed by atoms with Gasteiger partial charge in [-0.25, -0.2) is 0 Å². The quantitative estimate of drug-likeness (QED) is 0.690. The molecule has 5 nitrogen and oxygen atoms in total. The van der Waals surface area contributed by atoms with E-state index in [0.29, 0.717) is 0 Å².